The zero-order chi connectivity index (χ0) is 12.5. The van der Waals surface area contributed by atoms with Crippen molar-refractivity contribution in [3.63, 3.8) is 0 Å². The highest BCUT2D eigenvalue weighted by Gasteiger charge is 2.24. The summed E-state index contributed by atoms with van der Waals surface area (Å²) < 4.78 is 5.30. The van der Waals surface area contributed by atoms with Gasteiger partial charge in [-0.25, -0.2) is 0 Å². The van der Waals surface area contributed by atoms with E-state index < -0.39 is 0 Å². The predicted octanol–water partition coefficient (Wildman–Crippen LogP) is 0.937. The quantitative estimate of drug-likeness (QED) is 0.737. The molecule has 1 fully saturated rings. The Kier molecular flexibility index (Phi) is 2.68. The maximum Gasteiger partial charge on any atom is 0.243 e. The minimum absolute atomic E-state index is 0.00627. The van der Waals surface area contributed by atoms with E-state index in [0.717, 1.165) is 28.9 Å². The lowest BCUT2D eigenvalue weighted by Gasteiger charge is -2.22. The second kappa shape index (κ2) is 4.34. The monoisotopic (exact) mass is 245 g/mol. The topological polar surface area (TPSA) is 66.2 Å². The summed E-state index contributed by atoms with van der Waals surface area (Å²) >= 11 is 0. The number of H-pyrrole nitrogens is 1. The number of para-hydroxylation sites is 1. The van der Waals surface area contributed by atoms with Crippen LogP contribution in [0.1, 0.15) is 11.7 Å². The van der Waals surface area contributed by atoms with Gasteiger partial charge in [0.05, 0.1) is 12.6 Å². The van der Waals surface area contributed by atoms with Gasteiger partial charge in [-0.2, -0.15) is 0 Å². The molecule has 0 saturated carbocycles. The Bertz CT molecular complexity index is 591. The molecule has 2 heterocycles. The highest BCUT2D eigenvalue weighted by molar-refractivity contribution is 5.89. The number of methoxy groups -OCH3 is 1. The molecule has 1 aliphatic heterocycles. The summed E-state index contributed by atoms with van der Waals surface area (Å²) in [7, 11) is 1.64. The standard InChI is InChI=1S/C13H15N3O2/c1-18-10-4-2-3-8-7-9(16-11(8)10)12-13(17)15-6-5-14-12/h2-4,7,12,14,16H,5-6H2,1H3,(H,15,17). The molecule has 1 amide bonds. The molecule has 5 heteroatoms. The Hall–Kier alpha value is -2.01. The molecule has 1 aliphatic rings. The molecule has 1 atom stereocenters. The number of rotatable bonds is 2. The van der Waals surface area contributed by atoms with Crippen molar-refractivity contribution in [1.29, 1.82) is 0 Å². The van der Waals surface area contributed by atoms with E-state index >= 15 is 0 Å². The van der Waals surface area contributed by atoms with Crippen LogP contribution in [0.4, 0.5) is 0 Å². The number of piperazine rings is 1. The first-order chi connectivity index (χ1) is 8.79. The number of fused-ring (bicyclic) bond motifs is 1. The van der Waals surface area contributed by atoms with Gasteiger partial charge in [-0.1, -0.05) is 12.1 Å². The number of nitrogens with one attached hydrogen (secondary N) is 3. The van der Waals surface area contributed by atoms with E-state index in [1.165, 1.54) is 0 Å². The fourth-order valence-electron chi connectivity index (χ4n) is 2.32. The molecule has 5 nitrogen and oxygen atoms in total. The second-order valence-electron chi connectivity index (χ2n) is 4.33. The van der Waals surface area contributed by atoms with Crippen LogP contribution < -0.4 is 15.4 Å². The minimum Gasteiger partial charge on any atom is -0.495 e. The molecule has 0 aliphatic carbocycles. The molecule has 18 heavy (non-hydrogen) atoms. The van der Waals surface area contributed by atoms with Crippen molar-refractivity contribution in [1.82, 2.24) is 15.6 Å². The SMILES string of the molecule is COc1cccc2cc(C3NCCNC3=O)[nH]c12. The van der Waals surface area contributed by atoms with Crippen LogP contribution in [0.3, 0.4) is 0 Å². The van der Waals surface area contributed by atoms with E-state index in [-0.39, 0.29) is 11.9 Å². The normalized spacial score (nSPS) is 19.8. The molecule has 1 unspecified atom stereocenters. The van der Waals surface area contributed by atoms with Gasteiger partial charge >= 0.3 is 0 Å². The molecule has 0 spiro atoms. The van der Waals surface area contributed by atoms with Crippen molar-refractivity contribution in [3.05, 3.63) is 30.0 Å². The molecule has 3 rings (SSSR count). The number of aromatic amines is 1. The highest BCUT2D eigenvalue weighted by Crippen LogP contribution is 2.27. The van der Waals surface area contributed by atoms with Crippen LogP contribution in [0.25, 0.3) is 10.9 Å². The zero-order valence-electron chi connectivity index (χ0n) is 10.1. The van der Waals surface area contributed by atoms with E-state index in [9.17, 15) is 4.79 Å². The summed E-state index contributed by atoms with van der Waals surface area (Å²) in [5.74, 6) is 0.793. The van der Waals surface area contributed by atoms with E-state index in [1.54, 1.807) is 7.11 Å². The maximum absolute atomic E-state index is 11.8. The summed E-state index contributed by atoms with van der Waals surface area (Å²) in [4.78, 5) is 15.1. The number of carbonyl (C=O) groups is 1. The first kappa shape index (κ1) is 11.1. The predicted molar refractivity (Wildman–Crippen MR) is 68.6 cm³/mol. The van der Waals surface area contributed by atoms with Gasteiger partial charge in [-0.05, 0) is 12.1 Å². The van der Waals surface area contributed by atoms with Crippen LogP contribution in [0.2, 0.25) is 0 Å². The Balaban J connectivity index is 2.05. The molecule has 1 aromatic carbocycles. The van der Waals surface area contributed by atoms with Crippen molar-refractivity contribution in [3.8, 4) is 5.75 Å². The van der Waals surface area contributed by atoms with E-state index in [4.69, 9.17) is 4.74 Å². The van der Waals surface area contributed by atoms with Crippen LogP contribution in [-0.2, 0) is 4.79 Å². The fourth-order valence-corrected chi connectivity index (χ4v) is 2.32. The first-order valence-corrected chi connectivity index (χ1v) is 5.96. The zero-order valence-corrected chi connectivity index (χ0v) is 10.1. The van der Waals surface area contributed by atoms with Crippen LogP contribution in [0.5, 0.6) is 5.75 Å². The largest absolute Gasteiger partial charge is 0.495 e. The lowest BCUT2D eigenvalue weighted by Crippen LogP contribution is -2.47. The summed E-state index contributed by atoms with van der Waals surface area (Å²) in [6, 6.07) is 7.51. The van der Waals surface area contributed by atoms with Crippen LogP contribution in [-0.4, -0.2) is 31.1 Å². The third-order valence-electron chi connectivity index (χ3n) is 3.20. The van der Waals surface area contributed by atoms with Crippen LogP contribution >= 0.6 is 0 Å². The molecule has 2 aromatic rings. The second-order valence-corrected chi connectivity index (χ2v) is 4.33. The van der Waals surface area contributed by atoms with E-state index in [1.807, 2.05) is 24.3 Å². The minimum atomic E-state index is -0.309. The third-order valence-corrected chi connectivity index (χ3v) is 3.20. The van der Waals surface area contributed by atoms with Crippen molar-refractivity contribution in [2.24, 2.45) is 0 Å². The number of amides is 1. The molecule has 1 saturated heterocycles. The van der Waals surface area contributed by atoms with E-state index in [0.29, 0.717) is 6.54 Å². The smallest absolute Gasteiger partial charge is 0.243 e. The van der Waals surface area contributed by atoms with Gasteiger partial charge in [0.2, 0.25) is 5.91 Å². The average Bonchev–Trinajstić information content (AvgIpc) is 2.82. The molecule has 0 bridgehead atoms. The van der Waals surface area contributed by atoms with Crippen molar-refractivity contribution < 1.29 is 9.53 Å². The highest BCUT2D eigenvalue weighted by atomic mass is 16.5. The number of benzene rings is 1. The lowest BCUT2D eigenvalue weighted by atomic mass is 10.1. The Labute approximate surface area is 105 Å². The fraction of sp³-hybridized carbons (Fsp3) is 0.308. The van der Waals surface area contributed by atoms with Gasteiger partial charge in [-0.3, -0.25) is 10.1 Å². The van der Waals surface area contributed by atoms with E-state index in [2.05, 4.69) is 15.6 Å². The Morgan fingerprint density at radius 3 is 3.00 bits per heavy atom. The number of hydrogen-bond acceptors (Lipinski definition) is 3. The average molecular weight is 245 g/mol. The molecular formula is C13H15N3O2. The van der Waals surface area contributed by atoms with Crippen molar-refractivity contribution in [2.75, 3.05) is 20.2 Å². The summed E-state index contributed by atoms with van der Waals surface area (Å²) in [6.07, 6.45) is 0. The molecule has 1 aromatic heterocycles. The molecular weight excluding hydrogens is 230 g/mol. The van der Waals surface area contributed by atoms with Gasteiger partial charge in [-0.15, -0.1) is 0 Å². The summed E-state index contributed by atoms with van der Waals surface area (Å²) in [6.45, 7) is 1.46. The van der Waals surface area contributed by atoms with Crippen molar-refractivity contribution >= 4 is 16.8 Å². The molecule has 94 valence electrons. The van der Waals surface area contributed by atoms with Gasteiger partial charge in [0, 0.05) is 24.2 Å². The number of carbonyl (C=O) groups excluding carboxylic acids is 1. The Morgan fingerprint density at radius 1 is 1.33 bits per heavy atom. The number of ether oxygens (including phenoxy) is 1. The van der Waals surface area contributed by atoms with Gasteiger partial charge < -0.3 is 15.0 Å². The molecule has 0 radical (unpaired) electrons. The lowest BCUT2D eigenvalue weighted by molar-refractivity contribution is -0.124. The van der Waals surface area contributed by atoms with Crippen LogP contribution in [0.15, 0.2) is 24.3 Å². The maximum atomic E-state index is 11.8. The van der Waals surface area contributed by atoms with Gasteiger partial charge in [0.25, 0.3) is 0 Å². The van der Waals surface area contributed by atoms with Crippen molar-refractivity contribution in [2.45, 2.75) is 6.04 Å². The Morgan fingerprint density at radius 2 is 2.22 bits per heavy atom. The number of aromatic nitrogens is 1. The summed E-state index contributed by atoms with van der Waals surface area (Å²) in [5.41, 5.74) is 1.79. The first-order valence-electron chi connectivity index (χ1n) is 5.96. The summed E-state index contributed by atoms with van der Waals surface area (Å²) in [5, 5.41) is 7.10. The van der Waals surface area contributed by atoms with Gasteiger partial charge in [0.15, 0.2) is 0 Å². The molecule has 3 N–H and O–H groups in total. The van der Waals surface area contributed by atoms with Gasteiger partial charge in [0.1, 0.15) is 11.8 Å². The number of hydrogen-bond donors (Lipinski definition) is 3. The van der Waals surface area contributed by atoms with Crippen LogP contribution in [0, 0.1) is 0 Å². The third kappa shape index (κ3) is 1.73.